The smallest absolute Gasteiger partial charge is 0.248 e. The Kier molecular flexibility index (Phi) is 6.66. The Morgan fingerprint density at radius 2 is 2.12 bits per heavy atom. The number of aliphatic hydroxyl groups is 1. The van der Waals surface area contributed by atoms with Crippen LogP contribution < -0.4 is 5.73 Å². The van der Waals surface area contributed by atoms with E-state index in [1.54, 1.807) is 12.1 Å². The number of methoxy groups -OCH3 is 1. The van der Waals surface area contributed by atoms with E-state index in [1.165, 1.54) is 7.11 Å². The molecule has 144 valence electrons. The van der Waals surface area contributed by atoms with Crippen molar-refractivity contribution in [3.8, 4) is 0 Å². The van der Waals surface area contributed by atoms with Gasteiger partial charge in [-0.3, -0.25) is 4.79 Å². The van der Waals surface area contributed by atoms with Crippen LogP contribution in [-0.4, -0.2) is 48.9 Å². The van der Waals surface area contributed by atoms with Gasteiger partial charge in [0.1, 0.15) is 6.61 Å². The summed E-state index contributed by atoms with van der Waals surface area (Å²) in [5.74, 6) is 0.227. The summed E-state index contributed by atoms with van der Waals surface area (Å²) in [4.78, 5) is 13.8. The molecule has 0 aliphatic carbocycles. The van der Waals surface area contributed by atoms with Crippen LogP contribution in [0.25, 0.3) is 0 Å². The highest BCUT2D eigenvalue weighted by atomic mass is 35.5. The molecule has 6 nitrogen and oxygen atoms in total. The number of carbonyl (C=O) groups excluding carboxylic acids is 1. The molecule has 1 aliphatic heterocycles. The van der Waals surface area contributed by atoms with Crippen molar-refractivity contribution >= 4 is 29.4 Å². The van der Waals surface area contributed by atoms with Gasteiger partial charge in [-0.2, -0.15) is 0 Å². The van der Waals surface area contributed by atoms with Crippen molar-refractivity contribution in [2.45, 2.75) is 32.8 Å². The topological polar surface area (TPSA) is 99.6 Å². The van der Waals surface area contributed by atoms with Gasteiger partial charge in [-0.1, -0.05) is 25.4 Å². The summed E-state index contributed by atoms with van der Waals surface area (Å²) in [6.07, 6.45) is 1.94. The lowest BCUT2D eigenvalue weighted by atomic mass is 9.68. The number of nitrogens with two attached hydrogens (primary N) is 1. The summed E-state index contributed by atoms with van der Waals surface area (Å²) in [5.41, 5.74) is 7.14. The van der Waals surface area contributed by atoms with Crippen molar-refractivity contribution in [2.24, 2.45) is 11.3 Å². The number of nitrogens with one attached hydrogen (secondary N) is 1. The first kappa shape index (κ1) is 20.7. The maximum absolute atomic E-state index is 12.0. The standard InChI is InChI=1S/C19H28ClN3O3/c1-19(2,13-4-6-23(7-5-13)16(24)11-26-3)18(25)15-9-14(20)8-12(10-21)17(15)22/h8-10,13,18,21,25H,4-7,11,22H2,1-3H3/t18-/m1/s1. The normalized spacial score (nSPS) is 17.2. The predicted octanol–water partition coefficient (Wildman–Crippen LogP) is 2.86. The van der Waals surface area contributed by atoms with Crippen LogP contribution in [0.3, 0.4) is 0 Å². The molecule has 7 heteroatoms. The van der Waals surface area contributed by atoms with E-state index < -0.39 is 11.5 Å². The number of ether oxygens (including phenoxy) is 1. The molecule has 0 bridgehead atoms. The molecule has 1 aromatic carbocycles. The Bertz CT molecular complexity index is 670. The van der Waals surface area contributed by atoms with Gasteiger partial charge < -0.3 is 25.9 Å². The summed E-state index contributed by atoms with van der Waals surface area (Å²) in [7, 11) is 1.52. The van der Waals surface area contributed by atoms with E-state index in [-0.39, 0.29) is 18.4 Å². The second-order valence-electron chi connectivity index (χ2n) is 7.45. The Balaban J connectivity index is 2.17. The Morgan fingerprint density at radius 3 is 2.65 bits per heavy atom. The monoisotopic (exact) mass is 381 g/mol. The largest absolute Gasteiger partial charge is 0.398 e. The number of aliphatic hydroxyl groups excluding tert-OH is 1. The minimum Gasteiger partial charge on any atom is -0.398 e. The Labute approximate surface area is 159 Å². The lowest BCUT2D eigenvalue weighted by molar-refractivity contribution is -0.137. The van der Waals surface area contributed by atoms with Gasteiger partial charge >= 0.3 is 0 Å². The third-order valence-corrected chi connectivity index (χ3v) is 5.75. The number of nitrogen functional groups attached to an aromatic ring is 1. The quantitative estimate of drug-likeness (QED) is 0.521. The molecule has 1 aromatic rings. The number of nitrogens with zero attached hydrogens (tertiary/aromatic N) is 1. The lowest BCUT2D eigenvalue weighted by Gasteiger charge is -2.43. The van der Waals surface area contributed by atoms with E-state index in [1.807, 2.05) is 18.7 Å². The Hall–Kier alpha value is -1.63. The fourth-order valence-electron chi connectivity index (χ4n) is 3.72. The van der Waals surface area contributed by atoms with Gasteiger partial charge in [0.2, 0.25) is 5.91 Å². The van der Waals surface area contributed by atoms with Crippen molar-refractivity contribution < 1.29 is 14.6 Å². The van der Waals surface area contributed by atoms with E-state index in [0.717, 1.165) is 19.1 Å². The summed E-state index contributed by atoms with van der Waals surface area (Å²) < 4.78 is 4.92. The zero-order chi connectivity index (χ0) is 19.5. The number of likely N-dealkylation sites (tertiary alicyclic amines) is 1. The average Bonchev–Trinajstić information content (AvgIpc) is 2.63. The van der Waals surface area contributed by atoms with Gasteiger partial charge in [0, 0.05) is 48.3 Å². The second-order valence-corrected chi connectivity index (χ2v) is 7.89. The second kappa shape index (κ2) is 8.37. The van der Waals surface area contributed by atoms with Crippen molar-refractivity contribution in [2.75, 3.05) is 32.5 Å². The summed E-state index contributed by atoms with van der Waals surface area (Å²) in [6, 6.07) is 3.29. The molecule has 0 aromatic heterocycles. The van der Waals surface area contributed by atoms with Gasteiger partial charge in [-0.25, -0.2) is 0 Å². The Morgan fingerprint density at radius 1 is 1.50 bits per heavy atom. The molecule has 1 aliphatic rings. The number of rotatable bonds is 6. The van der Waals surface area contributed by atoms with Gasteiger partial charge in [-0.05, 0) is 36.3 Å². The van der Waals surface area contributed by atoms with Crippen LogP contribution in [0.15, 0.2) is 12.1 Å². The molecule has 0 spiro atoms. The number of benzene rings is 1. The number of piperidine rings is 1. The molecular formula is C19H28ClN3O3. The van der Waals surface area contributed by atoms with Gasteiger partial charge in [-0.15, -0.1) is 0 Å². The highest BCUT2D eigenvalue weighted by molar-refractivity contribution is 6.31. The molecular weight excluding hydrogens is 354 g/mol. The predicted molar refractivity (Wildman–Crippen MR) is 104 cm³/mol. The average molecular weight is 382 g/mol. The van der Waals surface area contributed by atoms with Crippen LogP contribution in [0, 0.1) is 16.7 Å². The highest BCUT2D eigenvalue weighted by Gasteiger charge is 2.40. The molecule has 1 saturated heterocycles. The minimum atomic E-state index is -0.814. The molecule has 1 heterocycles. The molecule has 0 saturated carbocycles. The fraction of sp³-hybridized carbons (Fsp3) is 0.579. The minimum absolute atomic E-state index is 0.000912. The summed E-state index contributed by atoms with van der Waals surface area (Å²) in [6.45, 7) is 5.43. The van der Waals surface area contributed by atoms with Crippen molar-refractivity contribution in [3.63, 3.8) is 0 Å². The SMILES string of the molecule is COCC(=O)N1CCC(C(C)(C)[C@H](O)c2cc(Cl)cc(C=N)c2N)CC1. The van der Waals surface area contributed by atoms with Crippen molar-refractivity contribution in [1.29, 1.82) is 5.41 Å². The first-order valence-corrected chi connectivity index (χ1v) is 9.14. The van der Waals surface area contributed by atoms with Crippen LogP contribution in [0.5, 0.6) is 0 Å². The third kappa shape index (κ3) is 4.19. The van der Waals surface area contributed by atoms with E-state index in [4.69, 9.17) is 27.5 Å². The van der Waals surface area contributed by atoms with Gasteiger partial charge in [0.25, 0.3) is 0 Å². The molecule has 4 N–H and O–H groups in total. The zero-order valence-electron chi connectivity index (χ0n) is 15.6. The third-order valence-electron chi connectivity index (χ3n) is 5.53. The van der Waals surface area contributed by atoms with Crippen molar-refractivity contribution in [1.82, 2.24) is 4.90 Å². The highest BCUT2D eigenvalue weighted by Crippen LogP contribution is 2.46. The van der Waals surface area contributed by atoms with Crippen LogP contribution in [0.4, 0.5) is 5.69 Å². The number of amides is 1. The van der Waals surface area contributed by atoms with Crippen molar-refractivity contribution in [3.05, 3.63) is 28.3 Å². The molecule has 1 atom stereocenters. The number of halogens is 1. The van der Waals surface area contributed by atoms with Crippen LogP contribution >= 0.6 is 11.6 Å². The molecule has 2 rings (SSSR count). The molecule has 0 unspecified atom stereocenters. The van der Waals surface area contributed by atoms with E-state index in [2.05, 4.69) is 0 Å². The van der Waals surface area contributed by atoms with Gasteiger partial charge in [0.15, 0.2) is 0 Å². The number of anilines is 1. The van der Waals surface area contributed by atoms with E-state index in [9.17, 15) is 9.90 Å². The number of hydrogen-bond acceptors (Lipinski definition) is 5. The van der Waals surface area contributed by atoms with E-state index in [0.29, 0.717) is 34.9 Å². The van der Waals surface area contributed by atoms with Crippen LogP contribution in [0.1, 0.15) is 43.9 Å². The first-order chi connectivity index (χ1) is 12.2. The molecule has 1 amide bonds. The first-order valence-electron chi connectivity index (χ1n) is 8.76. The number of carbonyl (C=O) groups is 1. The zero-order valence-corrected chi connectivity index (χ0v) is 16.3. The summed E-state index contributed by atoms with van der Waals surface area (Å²) >= 11 is 6.14. The maximum atomic E-state index is 12.0. The molecule has 26 heavy (non-hydrogen) atoms. The molecule has 1 fully saturated rings. The number of hydrogen-bond donors (Lipinski definition) is 3. The summed E-state index contributed by atoms with van der Waals surface area (Å²) in [5, 5.41) is 19.0. The van der Waals surface area contributed by atoms with Crippen LogP contribution in [0.2, 0.25) is 5.02 Å². The van der Waals surface area contributed by atoms with Crippen LogP contribution in [-0.2, 0) is 9.53 Å². The maximum Gasteiger partial charge on any atom is 0.248 e. The lowest BCUT2D eigenvalue weighted by Crippen LogP contribution is -2.44. The molecule has 0 radical (unpaired) electrons. The van der Waals surface area contributed by atoms with Gasteiger partial charge in [0.05, 0.1) is 6.10 Å². The fourth-order valence-corrected chi connectivity index (χ4v) is 3.95. The van der Waals surface area contributed by atoms with E-state index >= 15 is 0 Å².